The molecule has 0 fully saturated rings. The van der Waals surface area contributed by atoms with E-state index in [1.165, 1.54) is 34.1 Å². The van der Waals surface area contributed by atoms with Crippen LogP contribution in [0.15, 0.2) is 63.8 Å². The van der Waals surface area contributed by atoms with Gasteiger partial charge in [0.1, 0.15) is 22.7 Å². The van der Waals surface area contributed by atoms with Gasteiger partial charge in [0.05, 0.1) is 16.9 Å². The van der Waals surface area contributed by atoms with Crippen LogP contribution in [-0.4, -0.2) is 33.4 Å². The Hall–Kier alpha value is -3.24. The second-order valence-corrected chi connectivity index (χ2v) is 11.7. The average molecular weight is 588 g/mol. The van der Waals surface area contributed by atoms with E-state index in [1.54, 1.807) is 35.2 Å². The van der Waals surface area contributed by atoms with Gasteiger partial charge in [-0.2, -0.15) is 0 Å². The van der Waals surface area contributed by atoms with E-state index in [0.717, 1.165) is 4.88 Å². The normalized spacial score (nSPS) is 12.5. The van der Waals surface area contributed by atoms with Crippen LogP contribution in [0.4, 0.5) is 4.39 Å². The zero-order valence-electron chi connectivity index (χ0n) is 21.2. The minimum Gasteiger partial charge on any atom is -0.448 e. The van der Waals surface area contributed by atoms with E-state index in [-0.39, 0.29) is 42.6 Å². The van der Waals surface area contributed by atoms with E-state index in [4.69, 9.17) is 38.3 Å². The van der Waals surface area contributed by atoms with Crippen molar-refractivity contribution in [3.8, 4) is 0 Å². The van der Waals surface area contributed by atoms with E-state index in [0.29, 0.717) is 31.7 Å². The summed E-state index contributed by atoms with van der Waals surface area (Å²) in [6.07, 6.45) is 0. The van der Waals surface area contributed by atoms with E-state index < -0.39 is 17.4 Å². The lowest BCUT2D eigenvalue weighted by atomic mass is 9.99. The number of amides is 1. The number of carbonyl (C=O) groups excluding carboxylic acids is 1. The van der Waals surface area contributed by atoms with Gasteiger partial charge >= 0.3 is 0 Å². The van der Waals surface area contributed by atoms with Crippen LogP contribution in [0, 0.1) is 11.7 Å². The maximum absolute atomic E-state index is 14.2. The van der Waals surface area contributed by atoms with Crippen LogP contribution in [0.2, 0.25) is 9.36 Å². The molecule has 1 amide bonds. The molecule has 3 heterocycles. The maximum Gasteiger partial charge on any atom is 0.297 e. The van der Waals surface area contributed by atoms with Crippen molar-refractivity contribution in [3.63, 3.8) is 0 Å². The molecule has 0 spiro atoms. The van der Waals surface area contributed by atoms with Gasteiger partial charge in [-0.3, -0.25) is 14.2 Å². The topological polar surface area (TPSA) is 94.4 Å². The molecule has 0 bridgehead atoms. The number of furan rings is 1. The first-order valence-electron chi connectivity index (χ1n) is 12.3. The third-order valence-corrected chi connectivity index (χ3v) is 7.93. The van der Waals surface area contributed by atoms with Crippen molar-refractivity contribution in [2.24, 2.45) is 11.7 Å². The number of halogens is 3. The molecule has 7 nitrogen and oxygen atoms in total. The molecule has 0 aliphatic carbocycles. The predicted molar refractivity (Wildman–Crippen MR) is 153 cm³/mol. The van der Waals surface area contributed by atoms with E-state index in [1.807, 2.05) is 19.9 Å². The van der Waals surface area contributed by atoms with Gasteiger partial charge < -0.3 is 15.1 Å². The standard InChI is InChI=1S/C28H25Cl2FN4O3S/c1-15(2)24(34(12-11-32)27(36)16-3-5-17(29)6-4-16)26-33-23-20-13-18(31)7-9-21(20)38-25(23)28(37)35(26)14-19-8-10-22(30)39-19/h3-10,13,15,24H,11-12,14,32H2,1-2H3. The average Bonchev–Trinajstić information content (AvgIpc) is 3.48. The lowest BCUT2D eigenvalue weighted by molar-refractivity contribution is 0.0612. The van der Waals surface area contributed by atoms with Gasteiger partial charge in [0.2, 0.25) is 5.58 Å². The fourth-order valence-corrected chi connectivity index (χ4v) is 5.95. The number of thiophene rings is 1. The van der Waals surface area contributed by atoms with Crippen molar-refractivity contribution in [1.29, 1.82) is 0 Å². The number of hydrogen-bond acceptors (Lipinski definition) is 6. The Bertz CT molecular complexity index is 1730. The Kier molecular flexibility index (Phi) is 7.77. The third-order valence-electron chi connectivity index (χ3n) is 6.46. The Morgan fingerprint density at radius 3 is 2.54 bits per heavy atom. The summed E-state index contributed by atoms with van der Waals surface area (Å²) in [5.74, 6) is -0.590. The summed E-state index contributed by atoms with van der Waals surface area (Å²) in [6, 6.07) is 13.6. The fourth-order valence-electron chi connectivity index (χ4n) is 4.75. The first-order valence-corrected chi connectivity index (χ1v) is 13.9. The van der Waals surface area contributed by atoms with Crippen molar-refractivity contribution in [2.75, 3.05) is 13.1 Å². The minimum absolute atomic E-state index is 0.0129. The zero-order valence-corrected chi connectivity index (χ0v) is 23.5. The molecular weight excluding hydrogens is 562 g/mol. The van der Waals surface area contributed by atoms with Crippen LogP contribution >= 0.6 is 34.5 Å². The molecule has 0 radical (unpaired) electrons. The molecule has 2 aromatic carbocycles. The summed E-state index contributed by atoms with van der Waals surface area (Å²) in [6.45, 7) is 4.45. The van der Waals surface area contributed by atoms with E-state index >= 15 is 0 Å². The number of hydrogen-bond donors (Lipinski definition) is 1. The van der Waals surface area contributed by atoms with E-state index in [2.05, 4.69) is 0 Å². The summed E-state index contributed by atoms with van der Waals surface area (Å²) in [5, 5.41) is 0.888. The highest BCUT2D eigenvalue weighted by atomic mass is 35.5. The largest absolute Gasteiger partial charge is 0.448 e. The molecule has 202 valence electrons. The van der Waals surface area contributed by atoms with E-state index in [9.17, 15) is 14.0 Å². The second-order valence-electron chi connectivity index (χ2n) is 9.47. The Morgan fingerprint density at radius 1 is 1.15 bits per heavy atom. The summed E-state index contributed by atoms with van der Waals surface area (Å²) >= 11 is 13.6. The molecule has 3 aromatic heterocycles. The number of carbonyl (C=O) groups is 1. The molecule has 1 atom stereocenters. The maximum atomic E-state index is 14.2. The second kappa shape index (κ2) is 11.1. The molecule has 0 saturated heterocycles. The molecule has 5 rings (SSSR count). The first kappa shape index (κ1) is 27.3. The molecule has 1 unspecified atom stereocenters. The summed E-state index contributed by atoms with van der Waals surface area (Å²) < 4.78 is 22.2. The third kappa shape index (κ3) is 5.32. The van der Waals surface area contributed by atoms with Gasteiger partial charge in [-0.1, -0.05) is 37.0 Å². The molecule has 11 heteroatoms. The number of benzene rings is 2. The molecule has 39 heavy (non-hydrogen) atoms. The molecule has 0 aliphatic heterocycles. The molecular formula is C28H25Cl2FN4O3S. The fraction of sp³-hybridized carbons (Fsp3) is 0.250. The van der Waals surface area contributed by atoms with Crippen molar-refractivity contribution >= 4 is 62.5 Å². The zero-order chi connectivity index (χ0) is 27.8. The van der Waals surface area contributed by atoms with Gasteiger partial charge in [-0.15, -0.1) is 11.3 Å². The SMILES string of the molecule is CC(C)C(c1nc2c(oc3ccc(F)cc32)c(=O)n1Cc1ccc(Cl)s1)N(CCN)C(=O)c1ccc(Cl)cc1. The highest BCUT2D eigenvalue weighted by molar-refractivity contribution is 7.16. The van der Waals surface area contributed by atoms with Gasteiger partial charge in [0, 0.05) is 33.9 Å². The molecule has 0 aliphatic rings. The van der Waals surface area contributed by atoms with Gasteiger partial charge in [-0.25, -0.2) is 9.37 Å². The predicted octanol–water partition coefficient (Wildman–Crippen LogP) is 6.50. The van der Waals surface area contributed by atoms with Gasteiger partial charge in [0.25, 0.3) is 11.5 Å². The highest BCUT2D eigenvalue weighted by Gasteiger charge is 2.33. The van der Waals surface area contributed by atoms with Crippen LogP contribution < -0.4 is 11.3 Å². The van der Waals surface area contributed by atoms with Crippen LogP contribution in [-0.2, 0) is 6.54 Å². The smallest absolute Gasteiger partial charge is 0.297 e. The number of nitrogens with zero attached hydrogens (tertiary/aromatic N) is 3. The number of nitrogens with two attached hydrogens (primary N) is 1. The molecule has 0 saturated carbocycles. The lowest BCUT2D eigenvalue weighted by Crippen LogP contribution is -2.43. The number of fused-ring (bicyclic) bond motifs is 3. The monoisotopic (exact) mass is 586 g/mol. The van der Waals surface area contributed by atoms with Crippen LogP contribution in [0.3, 0.4) is 0 Å². The summed E-state index contributed by atoms with van der Waals surface area (Å²) in [7, 11) is 0. The quantitative estimate of drug-likeness (QED) is 0.224. The summed E-state index contributed by atoms with van der Waals surface area (Å²) in [4.78, 5) is 35.1. The summed E-state index contributed by atoms with van der Waals surface area (Å²) in [5.41, 5.74) is 6.55. The first-order chi connectivity index (χ1) is 18.7. The van der Waals surface area contributed by atoms with Crippen LogP contribution in [0.1, 0.15) is 40.9 Å². The molecule has 2 N–H and O–H groups in total. The van der Waals surface area contributed by atoms with Crippen molar-refractivity contribution < 1.29 is 13.6 Å². The number of aromatic nitrogens is 2. The van der Waals surface area contributed by atoms with Crippen LogP contribution in [0.5, 0.6) is 0 Å². The van der Waals surface area contributed by atoms with Crippen LogP contribution in [0.25, 0.3) is 22.1 Å². The molecule has 5 aromatic rings. The van der Waals surface area contributed by atoms with Gasteiger partial charge in [-0.05, 0) is 60.5 Å². The van der Waals surface area contributed by atoms with Crippen molar-refractivity contribution in [2.45, 2.75) is 26.4 Å². The highest BCUT2D eigenvalue weighted by Crippen LogP contribution is 2.33. The Morgan fingerprint density at radius 2 is 1.90 bits per heavy atom. The van der Waals surface area contributed by atoms with Crippen molar-refractivity contribution in [1.82, 2.24) is 14.5 Å². The van der Waals surface area contributed by atoms with Crippen molar-refractivity contribution in [3.05, 3.63) is 96.4 Å². The minimum atomic E-state index is -0.650. The van der Waals surface area contributed by atoms with Gasteiger partial charge in [0.15, 0.2) is 0 Å². The Labute approximate surface area is 237 Å². The Balaban J connectivity index is 1.76. The lowest BCUT2D eigenvalue weighted by Gasteiger charge is -2.35. The number of rotatable bonds is 8.